The first kappa shape index (κ1) is 17.1. The van der Waals surface area contributed by atoms with Crippen molar-refractivity contribution in [3.05, 3.63) is 35.7 Å². The van der Waals surface area contributed by atoms with Gasteiger partial charge in [-0.05, 0) is 19.4 Å². The van der Waals surface area contributed by atoms with Gasteiger partial charge in [-0.1, -0.05) is 29.4 Å². The van der Waals surface area contributed by atoms with Gasteiger partial charge in [0.1, 0.15) is 0 Å². The van der Waals surface area contributed by atoms with E-state index in [1.165, 1.54) is 0 Å². The molecule has 0 spiro atoms. The summed E-state index contributed by atoms with van der Waals surface area (Å²) in [6, 6.07) is 8.61. The molecule has 0 aliphatic carbocycles. The van der Waals surface area contributed by atoms with Crippen molar-refractivity contribution in [2.75, 3.05) is 39.9 Å². The second-order valence-corrected chi connectivity index (χ2v) is 6.44. The van der Waals surface area contributed by atoms with E-state index < -0.39 is 0 Å². The number of nitrogens with zero attached hydrogens (tertiary/aromatic N) is 4. The van der Waals surface area contributed by atoms with Gasteiger partial charge in [-0.25, -0.2) is 0 Å². The Kier molecular flexibility index (Phi) is 5.60. The predicted octanol–water partition coefficient (Wildman–Crippen LogP) is 2.20. The van der Waals surface area contributed by atoms with Crippen LogP contribution in [0, 0.1) is 6.92 Å². The average Bonchev–Trinajstić information content (AvgIpc) is 3.03. The molecule has 130 valence electrons. The summed E-state index contributed by atoms with van der Waals surface area (Å²) in [5, 5.41) is 4.15. The maximum Gasteiger partial charge on any atom is 0.241 e. The van der Waals surface area contributed by atoms with E-state index in [0.29, 0.717) is 24.3 Å². The topological polar surface area (TPSA) is 54.6 Å². The van der Waals surface area contributed by atoms with Crippen LogP contribution in [-0.2, 0) is 11.3 Å². The quantitative estimate of drug-likeness (QED) is 0.809. The van der Waals surface area contributed by atoms with E-state index in [-0.39, 0.29) is 0 Å². The van der Waals surface area contributed by atoms with Crippen molar-refractivity contribution in [2.24, 2.45) is 0 Å². The Labute approximate surface area is 143 Å². The van der Waals surface area contributed by atoms with Crippen LogP contribution in [-0.4, -0.2) is 65.9 Å². The molecule has 0 amide bonds. The van der Waals surface area contributed by atoms with E-state index in [2.05, 4.69) is 39.9 Å². The first-order chi connectivity index (χ1) is 11.7. The Bertz CT molecular complexity index is 658. The molecule has 6 heteroatoms. The van der Waals surface area contributed by atoms with Crippen LogP contribution >= 0.6 is 0 Å². The third kappa shape index (κ3) is 4.01. The summed E-state index contributed by atoms with van der Waals surface area (Å²) in [5.74, 6) is 1.36. The third-order valence-electron chi connectivity index (χ3n) is 4.64. The SMILES string of the molecule is COCCN1CCN(Cc2nc(-c3ccccc3C)no2)C[C@@H]1C. The number of hydrogen-bond donors (Lipinski definition) is 0. The van der Waals surface area contributed by atoms with Crippen molar-refractivity contribution in [1.82, 2.24) is 19.9 Å². The molecule has 2 heterocycles. The Morgan fingerprint density at radius 2 is 2.12 bits per heavy atom. The first-order valence-corrected chi connectivity index (χ1v) is 8.51. The van der Waals surface area contributed by atoms with Crippen LogP contribution in [0.25, 0.3) is 11.4 Å². The van der Waals surface area contributed by atoms with Crippen LogP contribution < -0.4 is 0 Å². The van der Waals surface area contributed by atoms with Gasteiger partial charge < -0.3 is 9.26 Å². The summed E-state index contributed by atoms with van der Waals surface area (Å²) in [6.07, 6.45) is 0. The van der Waals surface area contributed by atoms with E-state index >= 15 is 0 Å². The number of hydrogen-bond acceptors (Lipinski definition) is 6. The molecule has 0 radical (unpaired) electrons. The minimum absolute atomic E-state index is 0.507. The molecule has 1 aliphatic heterocycles. The molecule has 1 aliphatic rings. The molecule has 1 aromatic heterocycles. The summed E-state index contributed by atoms with van der Waals surface area (Å²) in [7, 11) is 1.75. The van der Waals surface area contributed by atoms with Gasteiger partial charge >= 0.3 is 0 Å². The molecule has 24 heavy (non-hydrogen) atoms. The van der Waals surface area contributed by atoms with Crippen LogP contribution in [0.1, 0.15) is 18.4 Å². The summed E-state index contributed by atoms with van der Waals surface area (Å²) < 4.78 is 10.6. The van der Waals surface area contributed by atoms with Gasteiger partial charge in [-0.3, -0.25) is 9.80 Å². The smallest absolute Gasteiger partial charge is 0.241 e. The molecule has 2 aromatic rings. The fourth-order valence-corrected chi connectivity index (χ4v) is 3.20. The van der Waals surface area contributed by atoms with Crippen LogP contribution in [0.15, 0.2) is 28.8 Å². The summed E-state index contributed by atoms with van der Waals surface area (Å²) in [6.45, 7) is 9.87. The van der Waals surface area contributed by atoms with Crippen molar-refractivity contribution in [2.45, 2.75) is 26.4 Å². The van der Waals surface area contributed by atoms with Crippen LogP contribution in [0.4, 0.5) is 0 Å². The maximum absolute atomic E-state index is 5.47. The van der Waals surface area contributed by atoms with E-state index in [1.807, 2.05) is 18.2 Å². The number of piperazine rings is 1. The Morgan fingerprint density at radius 3 is 2.88 bits per heavy atom. The number of benzene rings is 1. The van der Waals surface area contributed by atoms with Gasteiger partial charge in [0.15, 0.2) is 0 Å². The molecule has 0 N–H and O–H groups in total. The second-order valence-electron chi connectivity index (χ2n) is 6.44. The highest BCUT2D eigenvalue weighted by atomic mass is 16.5. The maximum atomic E-state index is 5.47. The summed E-state index contributed by atoms with van der Waals surface area (Å²) in [5.41, 5.74) is 2.19. The minimum Gasteiger partial charge on any atom is -0.383 e. The fourth-order valence-electron chi connectivity index (χ4n) is 3.20. The van der Waals surface area contributed by atoms with Gasteiger partial charge in [0.25, 0.3) is 0 Å². The molecule has 1 fully saturated rings. The number of methoxy groups -OCH3 is 1. The van der Waals surface area contributed by atoms with Crippen molar-refractivity contribution < 1.29 is 9.26 Å². The zero-order valence-electron chi connectivity index (χ0n) is 14.7. The predicted molar refractivity (Wildman–Crippen MR) is 92.7 cm³/mol. The molecule has 0 unspecified atom stereocenters. The van der Waals surface area contributed by atoms with E-state index in [9.17, 15) is 0 Å². The molecule has 1 atom stereocenters. The standard InChI is InChI=1S/C18H26N4O2/c1-14-6-4-5-7-16(14)18-19-17(24-20-18)13-21-8-9-22(10-11-23-3)15(2)12-21/h4-7,15H,8-13H2,1-3H3/t15-/m0/s1. The van der Waals surface area contributed by atoms with Gasteiger partial charge in [0.05, 0.1) is 13.2 Å². The second kappa shape index (κ2) is 7.88. The van der Waals surface area contributed by atoms with Crippen molar-refractivity contribution in [3.8, 4) is 11.4 Å². The first-order valence-electron chi connectivity index (χ1n) is 8.51. The Morgan fingerprint density at radius 1 is 1.29 bits per heavy atom. The van der Waals surface area contributed by atoms with Gasteiger partial charge in [-0.15, -0.1) is 0 Å². The van der Waals surface area contributed by atoms with Crippen molar-refractivity contribution in [3.63, 3.8) is 0 Å². The zero-order valence-corrected chi connectivity index (χ0v) is 14.7. The fraction of sp³-hybridized carbons (Fsp3) is 0.556. The molecule has 1 aromatic carbocycles. The van der Waals surface area contributed by atoms with Gasteiger partial charge in [-0.2, -0.15) is 4.98 Å². The lowest BCUT2D eigenvalue weighted by Crippen LogP contribution is -2.52. The third-order valence-corrected chi connectivity index (χ3v) is 4.64. The lowest BCUT2D eigenvalue weighted by atomic mass is 10.1. The highest BCUT2D eigenvalue weighted by Crippen LogP contribution is 2.20. The van der Waals surface area contributed by atoms with Crippen LogP contribution in [0.2, 0.25) is 0 Å². The molecule has 3 rings (SSSR count). The summed E-state index contributed by atoms with van der Waals surface area (Å²) in [4.78, 5) is 9.42. The molecule has 1 saturated heterocycles. The number of aromatic nitrogens is 2. The highest BCUT2D eigenvalue weighted by Gasteiger charge is 2.24. The number of aryl methyl sites for hydroxylation is 1. The normalized spacial score (nSPS) is 19.7. The van der Waals surface area contributed by atoms with Gasteiger partial charge in [0, 0.05) is 44.9 Å². The Hall–Kier alpha value is -1.76. The van der Waals surface area contributed by atoms with Gasteiger partial charge in [0.2, 0.25) is 11.7 Å². The van der Waals surface area contributed by atoms with Crippen LogP contribution in [0.3, 0.4) is 0 Å². The minimum atomic E-state index is 0.507. The molecular weight excluding hydrogens is 304 g/mol. The van der Waals surface area contributed by atoms with E-state index in [0.717, 1.165) is 43.9 Å². The summed E-state index contributed by atoms with van der Waals surface area (Å²) >= 11 is 0. The zero-order chi connectivity index (χ0) is 16.9. The number of ether oxygens (including phenoxy) is 1. The Balaban J connectivity index is 1.59. The lowest BCUT2D eigenvalue weighted by Gasteiger charge is -2.39. The van der Waals surface area contributed by atoms with Crippen LogP contribution in [0.5, 0.6) is 0 Å². The van der Waals surface area contributed by atoms with Crippen molar-refractivity contribution >= 4 is 0 Å². The van der Waals surface area contributed by atoms with Crippen molar-refractivity contribution in [1.29, 1.82) is 0 Å². The number of rotatable bonds is 6. The molecular formula is C18H26N4O2. The van der Waals surface area contributed by atoms with E-state index in [1.54, 1.807) is 7.11 Å². The molecule has 6 nitrogen and oxygen atoms in total. The molecule has 0 bridgehead atoms. The van der Waals surface area contributed by atoms with E-state index in [4.69, 9.17) is 9.26 Å². The molecule has 0 saturated carbocycles. The monoisotopic (exact) mass is 330 g/mol. The average molecular weight is 330 g/mol. The lowest BCUT2D eigenvalue weighted by molar-refractivity contribution is 0.0512. The highest BCUT2D eigenvalue weighted by molar-refractivity contribution is 5.58. The largest absolute Gasteiger partial charge is 0.383 e.